The molecule has 6 amide bonds. The lowest BCUT2D eigenvalue weighted by Crippen LogP contribution is -2.59. The number of guanidine groups is 1. The van der Waals surface area contributed by atoms with Crippen LogP contribution in [0, 0.1) is 0 Å². The van der Waals surface area contributed by atoms with Crippen LogP contribution in [0.3, 0.4) is 0 Å². The molecule has 61 heavy (non-hydrogen) atoms. The summed E-state index contributed by atoms with van der Waals surface area (Å²) in [5, 5.41) is 42.9. The van der Waals surface area contributed by atoms with Gasteiger partial charge in [-0.25, -0.2) is 4.79 Å². The Kier molecular flexibility index (Phi) is 20.8. The molecule has 0 radical (unpaired) electrons. The Morgan fingerprint density at radius 3 is 1.49 bits per heavy atom. The highest BCUT2D eigenvalue weighted by molar-refractivity contribution is 5.98. The molecule has 22 nitrogen and oxygen atoms in total. The van der Waals surface area contributed by atoms with Crippen molar-refractivity contribution < 1.29 is 58.5 Å². The molecule has 7 atom stereocenters. The molecule has 2 rings (SSSR count). The van der Waals surface area contributed by atoms with Gasteiger partial charge in [0.15, 0.2) is 5.96 Å². The summed E-state index contributed by atoms with van der Waals surface area (Å²) < 4.78 is 0. The van der Waals surface area contributed by atoms with E-state index >= 15 is 0 Å². The van der Waals surface area contributed by atoms with Crippen LogP contribution in [0.1, 0.15) is 57.1 Å². The predicted octanol–water partition coefficient (Wildman–Crippen LogP) is -2.77. The first-order chi connectivity index (χ1) is 28.8. The van der Waals surface area contributed by atoms with Gasteiger partial charge < -0.3 is 64.4 Å². The molecule has 15 N–H and O–H groups in total. The number of amides is 6. The van der Waals surface area contributed by atoms with E-state index in [0.29, 0.717) is 11.1 Å². The minimum atomic E-state index is -1.82. The lowest BCUT2D eigenvalue weighted by molar-refractivity contribution is -0.143. The van der Waals surface area contributed by atoms with Crippen molar-refractivity contribution in [3.63, 3.8) is 0 Å². The van der Waals surface area contributed by atoms with Gasteiger partial charge in [-0.05, 0) is 44.2 Å². The molecular weight excluding hydrogens is 800 g/mol. The quantitative estimate of drug-likeness (QED) is 0.0259. The molecule has 0 saturated carbocycles. The van der Waals surface area contributed by atoms with Gasteiger partial charge in [0.2, 0.25) is 35.4 Å². The number of benzene rings is 2. The van der Waals surface area contributed by atoms with Crippen molar-refractivity contribution in [2.75, 3.05) is 6.54 Å². The molecule has 2 aromatic carbocycles. The van der Waals surface area contributed by atoms with Gasteiger partial charge >= 0.3 is 17.9 Å². The Bertz CT molecular complexity index is 1880. The second kappa shape index (κ2) is 25.4. The normalized spacial score (nSPS) is 14.1. The largest absolute Gasteiger partial charge is 0.481 e. The van der Waals surface area contributed by atoms with Gasteiger partial charge in [-0.2, -0.15) is 0 Å². The maximum atomic E-state index is 13.7. The first-order valence-electron chi connectivity index (χ1n) is 19.1. The summed E-state index contributed by atoms with van der Waals surface area (Å²) in [7, 11) is 0. The average Bonchev–Trinajstić information content (AvgIpc) is 3.19. The lowest BCUT2D eigenvalue weighted by atomic mass is 10.0. The average molecular weight is 855 g/mol. The minimum Gasteiger partial charge on any atom is -0.481 e. The van der Waals surface area contributed by atoms with Crippen molar-refractivity contribution >= 4 is 59.3 Å². The first-order valence-corrected chi connectivity index (χ1v) is 19.1. The van der Waals surface area contributed by atoms with Crippen molar-refractivity contribution in [2.45, 2.75) is 101 Å². The number of aliphatic imine (C=N–C) groups is 1. The van der Waals surface area contributed by atoms with Crippen LogP contribution in [0.2, 0.25) is 0 Å². The van der Waals surface area contributed by atoms with Gasteiger partial charge in [0.05, 0.1) is 12.5 Å². The Morgan fingerprint density at radius 1 is 0.557 bits per heavy atom. The second-order valence-electron chi connectivity index (χ2n) is 14.0. The molecule has 332 valence electrons. The maximum Gasteiger partial charge on any atom is 0.326 e. The van der Waals surface area contributed by atoms with Crippen LogP contribution in [0.5, 0.6) is 0 Å². The Morgan fingerprint density at radius 2 is 1.00 bits per heavy atom. The van der Waals surface area contributed by atoms with Crippen molar-refractivity contribution in [3.8, 4) is 0 Å². The number of carboxylic acids is 3. The third-order valence-corrected chi connectivity index (χ3v) is 8.85. The highest BCUT2D eigenvalue weighted by Gasteiger charge is 2.33. The molecule has 0 spiro atoms. The number of nitrogens with one attached hydrogen (secondary N) is 6. The lowest BCUT2D eigenvalue weighted by Gasteiger charge is -2.26. The number of aliphatic carboxylic acids is 3. The number of hydrogen-bond acceptors (Lipinski definition) is 11. The Labute approximate surface area is 350 Å². The van der Waals surface area contributed by atoms with Crippen molar-refractivity contribution in [1.82, 2.24) is 31.9 Å². The van der Waals surface area contributed by atoms with Crippen LogP contribution in [-0.4, -0.2) is 123 Å². The van der Waals surface area contributed by atoms with Gasteiger partial charge in [-0.1, -0.05) is 60.7 Å². The van der Waals surface area contributed by atoms with Gasteiger partial charge in [-0.15, -0.1) is 0 Å². The molecule has 0 bridgehead atoms. The van der Waals surface area contributed by atoms with Gasteiger partial charge in [0.1, 0.15) is 36.3 Å². The fraction of sp³-hybridized carbons (Fsp3) is 0.436. The monoisotopic (exact) mass is 854 g/mol. The minimum absolute atomic E-state index is 0.0110. The van der Waals surface area contributed by atoms with Gasteiger partial charge in [0.25, 0.3) is 0 Å². The number of rotatable bonds is 26. The third-order valence-electron chi connectivity index (χ3n) is 8.85. The van der Waals surface area contributed by atoms with Gasteiger partial charge in [-0.3, -0.25) is 43.3 Å². The zero-order valence-corrected chi connectivity index (χ0v) is 33.7. The van der Waals surface area contributed by atoms with Crippen molar-refractivity contribution in [2.24, 2.45) is 22.2 Å². The summed E-state index contributed by atoms with van der Waals surface area (Å²) in [4.78, 5) is 119. The van der Waals surface area contributed by atoms with E-state index in [0.717, 1.165) is 0 Å². The summed E-state index contributed by atoms with van der Waals surface area (Å²) in [6.45, 7) is 2.57. The molecule has 22 heteroatoms. The molecule has 2 aromatic rings. The fourth-order valence-corrected chi connectivity index (χ4v) is 5.60. The van der Waals surface area contributed by atoms with E-state index in [2.05, 4.69) is 36.9 Å². The SMILES string of the molecule is C[C@H](N)C(=O)N[C@@H](CCC(=O)O)C(=O)N[C@@H](Cc1ccccc1)C(=O)N[C@@H](C)C(=O)N[C@@H](CC(=O)O)C(=O)N[C@@H](CCCN=C(N)N)C(=O)N[C@@H](Cc1ccccc1)C(=O)O. The summed E-state index contributed by atoms with van der Waals surface area (Å²) in [6.07, 6.45) is -2.14. The first kappa shape index (κ1) is 50.0. The zero-order chi connectivity index (χ0) is 45.6. The van der Waals surface area contributed by atoms with Gasteiger partial charge in [0, 0.05) is 25.8 Å². The van der Waals surface area contributed by atoms with Crippen LogP contribution >= 0.6 is 0 Å². The number of hydrogen-bond donors (Lipinski definition) is 12. The molecule has 0 aliphatic rings. The molecule has 0 aliphatic heterocycles. The van der Waals surface area contributed by atoms with Crippen LogP contribution < -0.4 is 49.1 Å². The summed E-state index contributed by atoms with van der Waals surface area (Å²) >= 11 is 0. The summed E-state index contributed by atoms with van der Waals surface area (Å²) in [6, 6.07) is 6.71. The Balaban J connectivity index is 2.29. The maximum absolute atomic E-state index is 13.7. The number of carbonyl (C=O) groups excluding carboxylic acids is 6. The number of nitrogens with zero attached hydrogens (tertiary/aromatic N) is 1. The summed E-state index contributed by atoms with van der Waals surface area (Å²) in [5.74, 6) is -10.1. The standard InChI is InChI=1S/C39H54N10O12/c1-21(40)32(54)45-26(15-16-30(50)51)35(57)48-27(18-23-10-5-3-6-11-23)36(58)44-22(2)33(55)47-28(20-31(52)53)37(59)46-25(14-9-17-43-39(41)42)34(56)49-29(38(60)61)19-24-12-7-4-8-13-24/h3-8,10-13,21-22,25-29H,9,14-20,40H2,1-2H3,(H,44,58)(H,45,54)(H,46,59)(H,47,55)(H,48,57)(H,49,56)(H,50,51)(H,52,53)(H,60,61)(H4,41,42,43)/t21-,22-,25-,26-,27-,28-,29-/m0/s1. The van der Waals surface area contributed by atoms with Crippen LogP contribution in [0.4, 0.5) is 0 Å². The molecule has 0 fully saturated rings. The molecule has 0 heterocycles. The highest BCUT2D eigenvalue weighted by atomic mass is 16.4. The zero-order valence-electron chi connectivity index (χ0n) is 33.7. The fourth-order valence-electron chi connectivity index (χ4n) is 5.60. The van der Waals surface area contributed by atoms with E-state index in [-0.39, 0.29) is 44.6 Å². The van der Waals surface area contributed by atoms with Crippen LogP contribution in [0.25, 0.3) is 0 Å². The molecule has 0 aromatic heterocycles. The van der Waals surface area contributed by atoms with Crippen molar-refractivity contribution in [3.05, 3.63) is 71.8 Å². The molecule has 0 unspecified atom stereocenters. The molecular formula is C39H54N10O12. The number of carbonyl (C=O) groups is 9. The smallest absolute Gasteiger partial charge is 0.326 e. The predicted molar refractivity (Wildman–Crippen MR) is 218 cm³/mol. The molecule has 0 saturated heterocycles. The summed E-state index contributed by atoms with van der Waals surface area (Å²) in [5.41, 5.74) is 17.5. The number of nitrogens with two attached hydrogens (primary N) is 3. The van der Waals surface area contributed by atoms with E-state index in [1.807, 2.05) is 0 Å². The van der Waals surface area contributed by atoms with E-state index in [1.54, 1.807) is 60.7 Å². The second-order valence-corrected chi connectivity index (χ2v) is 14.0. The number of carboxylic acid groups (broad SMARTS) is 3. The van der Waals surface area contributed by atoms with Crippen molar-refractivity contribution in [1.29, 1.82) is 0 Å². The molecule has 0 aliphatic carbocycles. The topological polar surface area (TPSA) is 377 Å². The van der Waals surface area contributed by atoms with E-state index < -0.39 is 108 Å². The Hall–Kier alpha value is -7.10. The highest BCUT2D eigenvalue weighted by Crippen LogP contribution is 2.09. The van der Waals surface area contributed by atoms with E-state index in [4.69, 9.17) is 17.2 Å². The van der Waals surface area contributed by atoms with E-state index in [1.165, 1.54) is 13.8 Å². The third kappa shape index (κ3) is 19.0. The van der Waals surface area contributed by atoms with E-state index in [9.17, 15) is 58.5 Å². The van der Waals surface area contributed by atoms with Crippen LogP contribution in [0.15, 0.2) is 65.7 Å². The van der Waals surface area contributed by atoms with Crippen LogP contribution in [-0.2, 0) is 56.0 Å².